The first kappa shape index (κ1) is 13.7. The predicted octanol–water partition coefficient (Wildman–Crippen LogP) is 5.32. The lowest BCUT2D eigenvalue weighted by Crippen LogP contribution is -2.21. The third-order valence-electron chi connectivity index (χ3n) is 3.69. The quantitative estimate of drug-likeness (QED) is 0.734. The largest absolute Gasteiger partial charge is 0.493 e. The highest BCUT2D eigenvalue weighted by atomic mass is 79.9. The molecular weight excluding hydrogens is 288 g/mol. The third kappa shape index (κ3) is 2.35. The van der Waals surface area contributed by atoms with Crippen LogP contribution in [0.25, 0.3) is 5.57 Å². The first-order valence-electron chi connectivity index (χ1n) is 6.65. The number of hydrogen-bond acceptors (Lipinski definition) is 1. The van der Waals surface area contributed by atoms with Gasteiger partial charge >= 0.3 is 0 Å². The Bertz CT molecular complexity index is 486. The highest BCUT2D eigenvalue weighted by Gasteiger charge is 2.28. The average molecular weight is 309 g/mol. The third-order valence-corrected chi connectivity index (χ3v) is 4.31. The minimum Gasteiger partial charge on any atom is -0.493 e. The Balaban J connectivity index is 2.59. The molecule has 0 heterocycles. The van der Waals surface area contributed by atoms with E-state index in [-0.39, 0.29) is 5.41 Å². The van der Waals surface area contributed by atoms with Crippen molar-refractivity contribution in [2.45, 2.75) is 46.0 Å². The van der Waals surface area contributed by atoms with E-state index in [0.717, 1.165) is 23.1 Å². The molecule has 0 aromatic heterocycles. The molecule has 0 atom stereocenters. The fourth-order valence-electron chi connectivity index (χ4n) is 2.58. The lowest BCUT2D eigenvalue weighted by Gasteiger charge is -2.32. The van der Waals surface area contributed by atoms with Crippen LogP contribution in [0.3, 0.4) is 0 Å². The van der Waals surface area contributed by atoms with E-state index in [4.69, 9.17) is 4.74 Å². The van der Waals surface area contributed by atoms with E-state index in [2.05, 4.69) is 54.9 Å². The standard InChI is InChI=1S/C16H21BrO/c1-5-11-7-8-16(3,4)13-10-15(18-6-2)14(17)9-12(11)13/h7,9-10H,5-6,8H2,1-4H3. The monoisotopic (exact) mass is 308 g/mol. The van der Waals surface area contributed by atoms with Gasteiger partial charge in [0.2, 0.25) is 0 Å². The number of hydrogen-bond donors (Lipinski definition) is 0. The molecule has 0 aliphatic heterocycles. The summed E-state index contributed by atoms with van der Waals surface area (Å²) in [7, 11) is 0. The molecule has 0 fully saturated rings. The molecule has 0 spiro atoms. The maximum Gasteiger partial charge on any atom is 0.133 e. The van der Waals surface area contributed by atoms with Gasteiger partial charge in [0.25, 0.3) is 0 Å². The van der Waals surface area contributed by atoms with Crippen LogP contribution < -0.4 is 4.74 Å². The van der Waals surface area contributed by atoms with Gasteiger partial charge in [-0.2, -0.15) is 0 Å². The van der Waals surface area contributed by atoms with Gasteiger partial charge in [0.15, 0.2) is 0 Å². The number of allylic oxidation sites excluding steroid dienone is 2. The Morgan fingerprint density at radius 1 is 1.28 bits per heavy atom. The summed E-state index contributed by atoms with van der Waals surface area (Å²) in [4.78, 5) is 0. The van der Waals surface area contributed by atoms with Crippen molar-refractivity contribution >= 4 is 21.5 Å². The van der Waals surface area contributed by atoms with Gasteiger partial charge in [-0.25, -0.2) is 0 Å². The molecule has 98 valence electrons. The van der Waals surface area contributed by atoms with Crippen LogP contribution in [0.15, 0.2) is 22.7 Å². The highest BCUT2D eigenvalue weighted by Crippen LogP contribution is 2.43. The number of benzene rings is 1. The Labute approximate surface area is 118 Å². The van der Waals surface area contributed by atoms with E-state index < -0.39 is 0 Å². The van der Waals surface area contributed by atoms with E-state index in [1.807, 2.05) is 6.92 Å². The highest BCUT2D eigenvalue weighted by molar-refractivity contribution is 9.10. The summed E-state index contributed by atoms with van der Waals surface area (Å²) in [6.07, 6.45) is 4.58. The molecule has 0 bridgehead atoms. The molecule has 2 heteroatoms. The summed E-state index contributed by atoms with van der Waals surface area (Å²) in [5, 5.41) is 0. The summed E-state index contributed by atoms with van der Waals surface area (Å²) < 4.78 is 6.75. The summed E-state index contributed by atoms with van der Waals surface area (Å²) >= 11 is 3.62. The predicted molar refractivity (Wildman–Crippen MR) is 81.2 cm³/mol. The topological polar surface area (TPSA) is 9.23 Å². The van der Waals surface area contributed by atoms with Gasteiger partial charge in [0, 0.05) is 0 Å². The van der Waals surface area contributed by atoms with Gasteiger partial charge in [-0.3, -0.25) is 0 Å². The number of halogens is 1. The van der Waals surface area contributed by atoms with Crippen molar-refractivity contribution in [1.82, 2.24) is 0 Å². The molecule has 1 nitrogen and oxygen atoms in total. The molecule has 0 radical (unpaired) electrons. The van der Waals surface area contributed by atoms with Gasteiger partial charge in [-0.1, -0.05) is 26.8 Å². The maximum absolute atomic E-state index is 5.70. The molecule has 1 aliphatic carbocycles. The van der Waals surface area contributed by atoms with Gasteiger partial charge in [0.05, 0.1) is 11.1 Å². The average Bonchev–Trinajstić information content (AvgIpc) is 2.31. The molecule has 0 saturated carbocycles. The Hall–Kier alpha value is -0.760. The Kier molecular flexibility index (Phi) is 3.86. The van der Waals surface area contributed by atoms with Gasteiger partial charge in [-0.15, -0.1) is 0 Å². The fraction of sp³-hybridized carbons (Fsp3) is 0.500. The SMILES string of the molecule is CCOc1cc2c(cc1Br)C(CC)=CCC2(C)C. The van der Waals surface area contributed by atoms with Crippen molar-refractivity contribution in [3.8, 4) is 5.75 Å². The smallest absolute Gasteiger partial charge is 0.133 e. The number of fused-ring (bicyclic) bond motifs is 1. The molecule has 1 aromatic rings. The van der Waals surface area contributed by atoms with Crippen molar-refractivity contribution < 1.29 is 4.74 Å². The molecule has 0 unspecified atom stereocenters. The Morgan fingerprint density at radius 3 is 2.61 bits per heavy atom. The molecular formula is C16H21BrO. The number of rotatable bonds is 3. The van der Waals surface area contributed by atoms with E-state index in [0.29, 0.717) is 6.61 Å². The molecule has 0 N–H and O–H groups in total. The lowest BCUT2D eigenvalue weighted by atomic mass is 9.73. The molecule has 18 heavy (non-hydrogen) atoms. The van der Waals surface area contributed by atoms with Crippen LogP contribution in [0.4, 0.5) is 0 Å². The zero-order valence-electron chi connectivity index (χ0n) is 11.6. The summed E-state index contributed by atoms with van der Waals surface area (Å²) in [6, 6.07) is 4.43. The zero-order chi connectivity index (χ0) is 13.3. The van der Waals surface area contributed by atoms with Gasteiger partial charge < -0.3 is 4.74 Å². The van der Waals surface area contributed by atoms with Gasteiger partial charge in [0.1, 0.15) is 5.75 Å². The van der Waals surface area contributed by atoms with E-state index in [1.54, 1.807) is 0 Å². The van der Waals surface area contributed by atoms with Crippen LogP contribution in [0.2, 0.25) is 0 Å². The molecule has 0 saturated heterocycles. The minimum absolute atomic E-state index is 0.195. The van der Waals surface area contributed by atoms with E-state index >= 15 is 0 Å². The zero-order valence-corrected chi connectivity index (χ0v) is 13.2. The van der Waals surface area contributed by atoms with E-state index in [9.17, 15) is 0 Å². The van der Waals surface area contributed by atoms with Gasteiger partial charge in [-0.05, 0) is 69.9 Å². The summed E-state index contributed by atoms with van der Waals surface area (Å²) in [6.45, 7) is 9.55. The second-order valence-corrected chi connectivity index (χ2v) is 6.29. The van der Waals surface area contributed by atoms with Crippen molar-refractivity contribution in [2.24, 2.45) is 0 Å². The number of ether oxygens (including phenoxy) is 1. The van der Waals surface area contributed by atoms with Crippen molar-refractivity contribution in [2.75, 3.05) is 6.61 Å². The Morgan fingerprint density at radius 2 is 2.00 bits per heavy atom. The normalized spacial score (nSPS) is 17.1. The molecule has 2 rings (SSSR count). The van der Waals surface area contributed by atoms with Crippen LogP contribution in [0, 0.1) is 0 Å². The van der Waals surface area contributed by atoms with Crippen LogP contribution in [0.5, 0.6) is 5.75 Å². The van der Waals surface area contributed by atoms with E-state index in [1.165, 1.54) is 16.7 Å². The van der Waals surface area contributed by atoms with Crippen LogP contribution in [-0.4, -0.2) is 6.61 Å². The first-order chi connectivity index (χ1) is 8.49. The second kappa shape index (κ2) is 5.08. The van der Waals surface area contributed by atoms with Crippen molar-refractivity contribution in [1.29, 1.82) is 0 Å². The molecule has 0 amide bonds. The molecule has 1 aliphatic rings. The first-order valence-corrected chi connectivity index (χ1v) is 7.45. The van der Waals surface area contributed by atoms with Crippen LogP contribution in [0.1, 0.15) is 51.7 Å². The maximum atomic E-state index is 5.70. The summed E-state index contributed by atoms with van der Waals surface area (Å²) in [5.74, 6) is 0.960. The second-order valence-electron chi connectivity index (χ2n) is 5.43. The fourth-order valence-corrected chi connectivity index (χ4v) is 3.04. The van der Waals surface area contributed by atoms with Crippen LogP contribution >= 0.6 is 15.9 Å². The molecule has 1 aromatic carbocycles. The van der Waals surface area contributed by atoms with Crippen molar-refractivity contribution in [3.05, 3.63) is 33.8 Å². The lowest BCUT2D eigenvalue weighted by molar-refractivity contribution is 0.336. The minimum atomic E-state index is 0.195. The summed E-state index contributed by atoms with van der Waals surface area (Å²) in [5.41, 5.74) is 4.44. The van der Waals surface area contributed by atoms with Crippen molar-refractivity contribution in [3.63, 3.8) is 0 Å². The van der Waals surface area contributed by atoms with Crippen LogP contribution in [-0.2, 0) is 5.41 Å².